The molecule has 102 valence electrons. The second kappa shape index (κ2) is 5.89. The molecular formula is C15H11ClF2N2. The molecule has 0 fully saturated rings. The third-order valence-electron chi connectivity index (χ3n) is 2.89. The molecule has 2 rings (SSSR count). The molecule has 0 amide bonds. The van der Waals surface area contributed by atoms with E-state index in [0.717, 1.165) is 17.7 Å². The van der Waals surface area contributed by atoms with Crippen LogP contribution in [-0.4, -0.2) is 7.05 Å². The normalized spacial score (nSPS) is 10.2. The highest BCUT2D eigenvalue weighted by Crippen LogP contribution is 2.26. The van der Waals surface area contributed by atoms with E-state index >= 15 is 0 Å². The van der Waals surface area contributed by atoms with Gasteiger partial charge in [0.2, 0.25) is 0 Å². The number of hydrogen-bond donors (Lipinski definition) is 0. The maximum absolute atomic E-state index is 13.9. The van der Waals surface area contributed by atoms with Gasteiger partial charge < -0.3 is 4.90 Å². The number of nitriles is 1. The predicted octanol–water partition coefficient (Wildman–Crippen LogP) is 4.13. The van der Waals surface area contributed by atoms with Crippen LogP contribution >= 0.6 is 11.6 Å². The number of halogens is 3. The lowest BCUT2D eigenvalue weighted by molar-refractivity contribution is 0.576. The molecule has 0 heterocycles. The van der Waals surface area contributed by atoms with Gasteiger partial charge in [-0.05, 0) is 23.8 Å². The molecule has 5 heteroatoms. The maximum atomic E-state index is 13.9. The van der Waals surface area contributed by atoms with Gasteiger partial charge in [0.15, 0.2) is 11.6 Å². The highest BCUT2D eigenvalue weighted by Gasteiger charge is 2.16. The molecule has 2 aromatic carbocycles. The van der Waals surface area contributed by atoms with Crippen molar-refractivity contribution in [2.45, 2.75) is 6.54 Å². The minimum atomic E-state index is -0.767. The Bertz CT molecular complexity index is 657. The highest BCUT2D eigenvalue weighted by molar-refractivity contribution is 6.31. The fourth-order valence-corrected chi connectivity index (χ4v) is 2.15. The van der Waals surface area contributed by atoms with Crippen LogP contribution < -0.4 is 4.90 Å². The van der Waals surface area contributed by atoms with Gasteiger partial charge in [-0.25, -0.2) is 8.78 Å². The minimum absolute atomic E-state index is 0.0464. The zero-order chi connectivity index (χ0) is 14.7. The van der Waals surface area contributed by atoms with Crippen LogP contribution in [0.5, 0.6) is 0 Å². The van der Waals surface area contributed by atoms with Crippen molar-refractivity contribution in [3.05, 3.63) is 64.2 Å². The first-order chi connectivity index (χ1) is 9.52. The average Bonchev–Trinajstić information content (AvgIpc) is 2.40. The monoisotopic (exact) mass is 292 g/mol. The van der Waals surface area contributed by atoms with E-state index in [1.165, 1.54) is 4.90 Å². The second-order valence-electron chi connectivity index (χ2n) is 4.35. The number of hydrogen-bond acceptors (Lipinski definition) is 2. The van der Waals surface area contributed by atoms with Crippen LogP contribution in [0.25, 0.3) is 0 Å². The van der Waals surface area contributed by atoms with Crippen LogP contribution in [0.1, 0.15) is 11.1 Å². The highest BCUT2D eigenvalue weighted by atomic mass is 35.5. The smallest absolute Gasteiger partial charge is 0.150 e. The lowest BCUT2D eigenvalue weighted by Gasteiger charge is -2.21. The van der Waals surface area contributed by atoms with Gasteiger partial charge in [-0.1, -0.05) is 29.8 Å². The summed E-state index contributed by atoms with van der Waals surface area (Å²) in [5.41, 5.74) is 0.540. The second-order valence-corrected chi connectivity index (χ2v) is 4.75. The first-order valence-electron chi connectivity index (χ1n) is 5.86. The SMILES string of the molecule is CN(Cc1ccccc1Cl)c1c(F)cc(C#N)cc1F. The number of anilines is 1. The van der Waals surface area contributed by atoms with Gasteiger partial charge in [0.1, 0.15) is 5.69 Å². The molecule has 0 saturated heterocycles. The van der Waals surface area contributed by atoms with E-state index in [9.17, 15) is 8.78 Å². The van der Waals surface area contributed by atoms with Crippen molar-refractivity contribution in [2.75, 3.05) is 11.9 Å². The molecule has 2 aromatic rings. The molecular weight excluding hydrogens is 282 g/mol. The third kappa shape index (κ3) is 2.89. The quantitative estimate of drug-likeness (QED) is 0.850. The molecule has 0 aliphatic heterocycles. The van der Waals surface area contributed by atoms with Crippen LogP contribution in [0.3, 0.4) is 0 Å². The molecule has 0 saturated carbocycles. The maximum Gasteiger partial charge on any atom is 0.150 e. The summed E-state index contributed by atoms with van der Waals surface area (Å²) in [6, 6.07) is 10.8. The standard InChI is InChI=1S/C15H11ClF2N2/c1-20(9-11-4-2-3-5-12(11)16)15-13(17)6-10(8-19)7-14(15)18/h2-7H,9H2,1H3. The van der Waals surface area contributed by atoms with Crippen molar-refractivity contribution >= 4 is 17.3 Å². The molecule has 0 atom stereocenters. The first kappa shape index (κ1) is 14.3. The first-order valence-corrected chi connectivity index (χ1v) is 6.24. The Morgan fingerprint density at radius 1 is 1.20 bits per heavy atom. The Kier molecular flexibility index (Phi) is 4.21. The van der Waals surface area contributed by atoms with Crippen molar-refractivity contribution < 1.29 is 8.78 Å². The van der Waals surface area contributed by atoms with E-state index in [1.54, 1.807) is 37.4 Å². The summed E-state index contributed by atoms with van der Waals surface area (Å²) < 4.78 is 27.8. The Hall–Kier alpha value is -2.12. The number of nitrogens with zero attached hydrogens (tertiary/aromatic N) is 2. The van der Waals surface area contributed by atoms with Crippen LogP contribution in [-0.2, 0) is 6.54 Å². The van der Waals surface area contributed by atoms with E-state index in [0.29, 0.717) is 5.02 Å². The van der Waals surface area contributed by atoms with Crippen molar-refractivity contribution in [3.63, 3.8) is 0 Å². The van der Waals surface area contributed by atoms with Gasteiger partial charge in [0, 0.05) is 18.6 Å². The molecule has 0 aromatic heterocycles. The molecule has 0 unspecified atom stereocenters. The van der Waals surface area contributed by atoms with E-state index in [2.05, 4.69) is 0 Å². The fourth-order valence-electron chi connectivity index (χ4n) is 1.96. The van der Waals surface area contributed by atoms with E-state index in [-0.39, 0.29) is 17.8 Å². The fraction of sp³-hybridized carbons (Fsp3) is 0.133. The Morgan fingerprint density at radius 3 is 2.35 bits per heavy atom. The van der Waals surface area contributed by atoms with Crippen LogP contribution in [0.2, 0.25) is 5.02 Å². The Morgan fingerprint density at radius 2 is 1.80 bits per heavy atom. The summed E-state index contributed by atoms with van der Waals surface area (Å²) in [4.78, 5) is 1.42. The van der Waals surface area contributed by atoms with Crippen molar-refractivity contribution in [2.24, 2.45) is 0 Å². The number of benzene rings is 2. The van der Waals surface area contributed by atoms with Gasteiger partial charge in [0.05, 0.1) is 11.6 Å². The lowest BCUT2D eigenvalue weighted by atomic mass is 10.1. The van der Waals surface area contributed by atoms with Crippen molar-refractivity contribution in [1.29, 1.82) is 5.26 Å². The molecule has 0 aliphatic rings. The molecule has 0 radical (unpaired) electrons. The van der Waals surface area contributed by atoms with Crippen molar-refractivity contribution in [1.82, 2.24) is 0 Å². The van der Waals surface area contributed by atoms with E-state index in [1.807, 2.05) is 0 Å². The van der Waals surface area contributed by atoms with Crippen molar-refractivity contribution in [3.8, 4) is 6.07 Å². The summed E-state index contributed by atoms with van der Waals surface area (Å²) in [6.45, 7) is 0.263. The van der Waals surface area contributed by atoms with Crippen LogP contribution in [0.4, 0.5) is 14.5 Å². The molecule has 20 heavy (non-hydrogen) atoms. The molecule has 0 spiro atoms. The van der Waals surface area contributed by atoms with Gasteiger partial charge in [-0.3, -0.25) is 0 Å². The summed E-state index contributed by atoms with van der Waals surface area (Å²) in [5, 5.41) is 9.21. The zero-order valence-electron chi connectivity index (χ0n) is 10.7. The summed E-state index contributed by atoms with van der Waals surface area (Å²) >= 11 is 6.03. The van der Waals surface area contributed by atoms with E-state index < -0.39 is 11.6 Å². The van der Waals surface area contributed by atoms with Crippen LogP contribution in [0.15, 0.2) is 36.4 Å². The summed E-state index contributed by atoms with van der Waals surface area (Å²) in [7, 11) is 1.57. The summed E-state index contributed by atoms with van der Waals surface area (Å²) in [6.07, 6.45) is 0. The van der Waals surface area contributed by atoms with Gasteiger partial charge >= 0.3 is 0 Å². The molecule has 0 aliphatic carbocycles. The molecule has 2 nitrogen and oxygen atoms in total. The largest absolute Gasteiger partial charge is 0.365 e. The van der Waals surface area contributed by atoms with Crippen LogP contribution in [0, 0.1) is 23.0 Å². The average molecular weight is 293 g/mol. The topological polar surface area (TPSA) is 27.0 Å². The molecule has 0 N–H and O–H groups in total. The number of rotatable bonds is 3. The minimum Gasteiger partial charge on any atom is -0.365 e. The Balaban J connectivity index is 2.33. The van der Waals surface area contributed by atoms with Gasteiger partial charge in [0.25, 0.3) is 0 Å². The van der Waals surface area contributed by atoms with Gasteiger partial charge in [-0.2, -0.15) is 5.26 Å². The zero-order valence-corrected chi connectivity index (χ0v) is 11.5. The van der Waals surface area contributed by atoms with Gasteiger partial charge in [-0.15, -0.1) is 0 Å². The molecule has 0 bridgehead atoms. The Labute approximate surface area is 120 Å². The predicted molar refractivity (Wildman–Crippen MR) is 74.6 cm³/mol. The lowest BCUT2D eigenvalue weighted by Crippen LogP contribution is -2.19. The summed E-state index contributed by atoms with van der Waals surface area (Å²) in [5.74, 6) is -1.53. The van der Waals surface area contributed by atoms with E-state index in [4.69, 9.17) is 16.9 Å². The third-order valence-corrected chi connectivity index (χ3v) is 3.26.